The number of amides is 2. The van der Waals surface area contributed by atoms with Crippen molar-refractivity contribution in [1.29, 1.82) is 0 Å². The number of rotatable bonds is 7. The van der Waals surface area contributed by atoms with Gasteiger partial charge in [-0.25, -0.2) is 4.79 Å². The molecular formula is C28H35Cl2N3OS. The lowest BCUT2D eigenvalue weighted by molar-refractivity contribution is 0.255. The van der Waals surface area contributed by atoms with Gasteiger partial charge in [-0.3, -0.25) is 4.90 Å². The highest BCUT2D eigenvalue weighted by Crippen LogP contribution is 2.36. The van der Waals surface area contributed by atoms with Gasteiger partial charge in [0.25, 0.3) is 0 Å². The number of nitrogens with zero attached hydrogens (tertiary/aromatic N) is 1. The largest absolute Gasteiger partial charge is 0.398 e. The highest BCUT2D eigenvalue weighted by atomic mass is 35.5. The van der Waals surface area contributed by atoms with Crippen molar-refractivity contribution in [2.45, 2.75) is 59.4 Å². The first-order valence-corrected chi connectivity index (χ1v) is 12.5. The third-order valence-corrected chi connectivity index (χ3v) is 6.85. The Bertz CT molecular complexity index is 1120. The summed E-state index contributed by atoms with van der Waals surface area (Å²) >= 11 is 12.6. The van der Waals surface area contributed by atoms with E-state index >= 15 is 0 Å². The average molecular weight is 533 g/mol. The van der Waals surface area contributed by atoms with Crippen molar-refractivity contribution >= 4 is 59.8 Å². The molecule has 0 saturated carbocycles. The molecule has 0 heterocycles. The topological polar surface area (TPSA) is 58.4 Å². The molecule has 0 radical (unpaired) electrons. The molecule has 4 nitrogen and oxygen atoms in total. The van der Waals surface area contributed by atoms with Crippen molar-refractivity contribution in [2.24, 2.45) is 0 Å². The lowest BCUT2D eigenvalue weighted by Gasteiger charge is -2.31. The molecule has 3 N–H and O–H groups in total. The van der Waals surface area contributed by atoms with E-state index in [1.165, 1.54) is 5.56 Å². The summed E-state index contributed by atoms with van der Waals surface area (Å²) in [6, 6.07) is 17.0. The number of hydrogen-bond acceptors (Lipinski definition) is 2. The van der Waals surface area contributed by atoms with Gasteiger partial charge in [0, 0.05) is 21.4 Å². The second kappa shape index (κ2) is 12.6. The molecule has 35 heavy (non-hydrogen) atoms. The first-order chi connectivity index (χ1) is 16.2. The first-order valence-electron chi connectivity index (χ1n) is 11.7. The monoisotopic (exact) mass is 531 g/mol. The van der Waals surface area contributed by atoms with Crippen LogP contribution in [0.3, 0.4) is 0 Å². The smallest absolute Gasteiger partial charge is 0.326 e. The molecule has 0 fully saturated rings. The Morgan fingerprint density at radius 1 is 0.914 bits per heavy atom. The summed E-state index contributed by atoms with van der Waals surface area (Å²) in [6.07, 6.45) is 1.36. The molecule has 0 aliphatic carbocycles. The molecule has 3 aromatic rings. The Morgan fingerprint density at radius 2 is 1.46 bits per heavy atom. The summed E-state index contributed by atoms with van der Waals surface area (Å²) in [6.45, 7) is 10.3. The van der Waals surface area contributed by atoms with Crippen LogP contribution in [0.2, 0.25) is 10.0 Å². The number of halogens is 2. The van der Waals surface area contributed by atoms with Crippen LogP contribution in [0.5, 0.6) is 0 Å². The van der Waals surface area contributed by atoms with E-state index in [9.17, 15) is 4.79 Å². The van der Waals surface area contributed by atoms with Crippen LogP contribution in [-0.4, -0.2) is 6.03 Å². The maximum atomic E-state index is 13.9. The summed E-state index contributed by atoms with van der Waals surface area (Å²) in [5.41, 5.74) is 12.3. The van der Waals surface area contributed by atoms with E-state index in [2.05, 4.69) is 31.3 Å². The zero-order valence-corrected chi connectivity index (χ0v) is 23.5. The molecule has 0 aliphatic heterocycles. The van der Waals surface area contributed by atoms with Crippen LogP contribution in [0.25, 0.3) is 0 Å². The van der Waals surface area contributed by atoms with E-state index in [0.717, 1.165) is 22.4 Å². The molecule has 7 heteroatoms. The number of carbonyl (C=O) groups excluding carboxylic acids is 1. The Kier molecular flexibility index (Phi) is 10.4. The Hall–Kier alpha value is -2.34. The minimum atomic E-state index is -0.245. The zero-order chi connectivity index (χ0) is 25.0. The lowest BCUT2D eigenvalue weighted by atomic mass is 10.0. The Balaban J connectivity index is 0.00000432. The normalized spacial score (nSPS) is 11.7. The predicted molar refractivity (Wildman–Crippen MR) is 157 cm³/mol. The third kappa shape index (κ3) is 6.46. The number of anilines is 3. The van der Waals surface area contributed by atoms with Crippen LogP contribution in [0.1, 0.15) is 68.8 Å². The molecule has 1 atom stereocenters. The molecule has 3 aromatic carbocycles. The number of urea groups is 1. The number of nitrogens with one attached hydrogen (secondary N) is 1. The van der Waals surface area contributed by atoms with Gasteiger partial charge in [-0.05, 0) is 78.3 Å². The van der Waals surface area contributed by atoms with Gasteiger partial charge in [0.15, 0.2) is 0 Å². The van der Waals surface area contributed by atoms with Crippen molar-refractivity contribution in [2.75, 3.05) is 16.0 Å². The minimum absolute atomic E-state index is 0. The SMILES string of the molecule is CCc1c(N)cc(Cl)c(CC)c1NC(=O)N(c1ccc(C(C)C)cc1)[C@@H](C)c1ccc(Cl)cc1.S. The summed E-state index contributed by atoms with van der Waals surface area (Å²) in [5.74, 6) is 0.402. The number of carbonyl (C=O) groups is 1. The molecular weight excluding hydrogens is 497 g/mol. The van der Waals surface area contributed by atoms with E-state index in [1.807, 2.05) is 57.2 Å². The fraction of sp³-hybridized carbons (Fsp3) is 0.321. The van der Waals surface area contributed by atoms with Gasteiger partial charge >= 0.3 is 6.03 Å². The summed E-state index contributed by atoms with van der Waals surface area (Å²) in [4.78, 5) is 15.6. The first kappa shape index (κ1) is 28.9. The zero-order valence-electron chi connectivity index (χ0n) is 21.0. The molecule has 3 rings (SSSR count). The summed E-state index contributed by atoms with van der Waals surface area (Å²) < 4.78 is 0. The van der Waals surface area contributed by atoms with Crippen molar-refractivity contribution in [3.05, 3.63) is 86.9 Å². The summed E-state index contributed by atoms with van der Waals surface area (Å²) in [5, 5.41) is 4.37. The third-order valence-electron chi connectivity index (χ3n) is 6.26. The number of nitrogen functional groups attached to an aromatic ring is 1. The standard InChI is InChI=1S/C28H33Cl2N3O.H2S/c1-6-23-25(30)16-26(31)24(7-2)27(23)32-28(34)33(18(5)20-8-12-21(29)13-9-20)22-14-10-19(11-15-22)17(3)4;/h8-18H,6-7,31H2,1-5H3,(H,32,34);1H2/t18-;/m0./s1. The van der Waals surface area contributed by atoms with Gasteiger partial charge in [-0.15, -0.1) is 0 Å². The fourth-order valence-corrected chi connectivity index (χ4v) is 4.70. The van der Waals surface area contributed by atoms with Crippen molar-refractivity contribution in [3.63, 3.8) is 0 Å². The van der Waals surface area contributed by atoms with Gasteiger partial charge in [0.1, 0.15) is 0 Å². The van der Waals surface area contributed by atoms with Crippen LogP contribution in [0.4, 0.5) is 21.9 Å². The van der Waals surface area contributed by atoms with Gasteiger partial charge < -0.3 is 11.1 Å². The van der Waals surface area contributed by atoms with Crippen LogP contribution >= 0.6 is 36.7 Å². The van der Waals surface area contributed by atoms with Gasteiger partial charge in [0.05, 0.1) is 11.7 Å². The fourth-order valence-electron chi connectivity index (χ4n) is 4.23. The van der Waals surface area contributed by atoms with E-state index in [0.29, 0.717) is 40.2 Å². The molecule has 0 aromatic heterocycles. The molecule has 0 saturated heterocycles. The summed E-state index contributed by atoms with van der Waals surface area (Å²) in [7, 11) is 0. The molecule has 0 spiro atoms. The maximum Gasteiger partial charge on any atom is 0.326 e. The van der Waals surface area contributed by atoms with E-state index < -0.39 is 0 Å². The molecule has 188 valence electrons. The van der Waals surface area contributed by atoms with Crippen LogP contribution in [0.15, 0.2) is 54.6 Å². The van der Waals surface area contributed by atoms with Crippen LogP contribution < -0.4 is 16.0 Å². The second-order valence-corrected chi connectivity index (χ2v) is 9.60. The minimum Gasteiger partial charge on any atom is -0.398 e. The predicted octanol–water partition coefficient (Wildman–Crippen LogP) is 8.74. The number of hydrogen-bond donors (Lipinski definition) is 2. The number of benzene rings is 3. The molecule has 0 unspecified atom stereocenters. The Labute approximate surface area is 226 Å². The van der Waals surface area contributed by atoms with Crippen molar-refractivity contribution < 1.29 is 4.79 Å². The molecule has 0 aliphatic rings. The van der Waals surface area contributed by atoms with Crippen molar-refractivity contribution in [1.82, 2.24) is 0 Å². The maximum absolute atomic E-state index is 13.9. The molecule has 2 amide bonds. The lowest BCUT2D eigenvalue weighted by Crippen LogP contribution is -2.37. The van der Waals surface area contributed by atoms with Crippen LogP contribution in [0, 0.1) is 0 Å². The molecule has 0 bridgehead atoms. The van der Waals surface area contributed by atoms with Crippen LogP contribution in [-0.2, 0) is 12.8 Å². The average Bonchev–Trinajstić information content (AvgIpc) is 2.80. The van der Waals surface area contributed by atoms with E-state index in [1.54, 1.807) is 11.0 Å². The van der Waals surface area contributed by atoms with Gasteiger partial charge in [-0.2, -0.15) is 13.5 Å². The highest BCUT2D eigenvalue weighted by Gasteiger charge is 2.26. The van der Waals surface area contributed by atoms with Crippen molar-refractivity contribution in [3.8, 4) is 0 Å². The van der Waals surface area contributed by atoms with E-state index in [4.69, 9.17) is 28.9 Å². The Morgan fingerprint density at radius 3 is 1.97 bits per heavy atom. The van der Waals surface area contributed by atoms with Gasteiger partial charge in [-0.1, -0.05) is 75.2 Å². The quantitative estimate of drug-likeness (QED) is 0.299. The number of nitrogens with two attached hydrogens (primary N) is 1. The second-order valence-electron chi connectivity index (χ2n) is 8.76. The van der Waals surface area contributed by atoms with E-state index in [-0.39, 0.29) is 25.6 Å². The van der Waals surface area contributed by atoms with Gasteiger partial charge in [0.2, 0.25) is 0 Å². The highest BCUT2D eigenvalue weighted by molar-refractivity contribution is 7.59.